The predicted molar refractivity (Wildman–Crippen MR) is 210 cm³/mol. The molecule has 0 aromatic heterocycles. The lowest BCUT2D eigenvalue weighted by Gasteiger charge is -2.41. The largest absolute Gasteiger partial charge is 0.478 e. The molecule has 0 fully saturated rings. The molecule has 0 saturated heterocycles. The van der Waals surface area contributed by atoms with E-state index in [1.165, 1.54) is 12.1 Å². The molecule has 6 N–H and O–H groups in total. The molecule has 6 rings (SSSR count). The van der Waals surface area contributed by atoms with E-state index in [1.807, 2.05) is 102 Å². The van der Waals surface area contributed by atoms with E-state index in [0.717, 1.165) is 17.1 Å². The lowest BCUT2D eigenvalue weighted by atomic mass is 9.83. The van der Waals surface area contributed by atoms with Crippen molar-refractivity contribution in [1.29, 1.82) is 0 Å². The fraction of sp³-hybridized carbons (Fsp3) is 0.308. The number of likely N-dealkylation sites (N-methyl/N-ethyl adjacent to an activating group) is 2. The minimum Gasteiger partial charge on any atom is -0.478 e. The first kappa shape index (κ1) is 42.3. The quantitative estimate of drug-likeness (QED) is 0.0753. The molecule has 0 aliphatic carbocycles. The van der Waals surface area contributed by atoms with Crippen molar-refractivity contribution in [1.82, 2.24) is 4.58 Å². The van der Waals surface area contributed by atoms with E-state index in [-0.39, 0.29) is 29.9 Å². The highest BCUT2D eigenvalue weighted by molar-refractivity contribution is 7.39. The summed E-state index contributed by atoms with van der Waals surface area (Å²) in [6.07, 6.45) is 11.9. The van der Waals surface area contributed by atoms with Crippen molar-refractivity contribution < 1.29 is 53.2 Å². The minimum absolute atomic E-state index is 0.107. The molecule has 3 aromatic carbocycles. The Kier molecular flexibility index (Phi) is 12.9. The van der Waals surface area contributed by atoms with Gasteiger partial charge in [0, 0.05) is 54.6 Å². The third-order valence-electron chi connectivity index (χ3n) is 9.59. The van der Waals surface area contributed by atoms with Crippen LogP contribution in [-0.2, 0) is 9.05 Å². The van der Waals surface area contributed by atoms with E-state index >= 15 is 0 Å². The van der Waals surface area contributed by atoms with Gasteiger partial charge in [-0.2, -0.15) is 0 Å². The van der Waals surface area contributed by atoms with Crippen molar-refractivity contribution in [2.45, 2.75) is 52.6 Å². The summed E-state index contributed by atoms with van der Waals surface area (Å²) in [6.45, 7) is 11.8. The molecule has 0 atom stereocenters. The summed E-state index contributed by atoms with van der Waals surface area (Å²) in [4.78, 5) is 65.0. The Hall–Kier alpha value is -4.47. The van der Waals surface area contributed by atoms with Gasteiger partial charge in [0.25, 0.3) is 0 Å². The van der Waals surface area contributed by atoms with Crippen molar-refractivity contribution in [3.63, 3.8) is 0 Å². The lowest BCUT2D eigenvalue weighted by molar-refractivity contribution is 0.0695. The second-order valence-electron chi connectivity index (χ2n) is 13.4. The second kappa shape index (κ2) is 16.5. The summed E-state index contributed by atoms with van der Waals surface area (Å²) in [5.41, 5.74) is 3.28. The molecule has 15 heteroatoms. The number of hydrogen-bond donors (Lipinski definition) is 6. The molecule has 3 heterocycles. The number of carbonyl (C=O) groups is 2. The SMILES string of the molecule is C#C.CC.CN1c2cc3c(cc2C(COP(O)O)=CC1(C)C)C(c1ccc(C(=O)O)cc1C(=O)O)=c1cc2c(cc1O3)=[N+](C)C(C)(C)C=C2COP(O)O. The number of aromatic carboxylic acids is 2. The fourth-order valence-electron chi connectivity index (χ4n) is 6.71. The monoisotopic (exact) mass is 779 g/mol. The summed E-state index contributed by atoms with van der Waals surface area (Å²) in [5.74, 6) is -1.76. The van der Waals surface area contributed by atoms with Crippen LogP contribution in [0.2, 0.25) is 0 Å². The molecule has 286 valence electrons. The standard InChI is InChI=1S/C35H36N2O11P2.C2H6.C2H2/c1-34(2)14-19(16-46-49(42)43)22-10-25-29(12-27(22)36(34)5)48-30-13-28-23(20(17-47-50(44)45)15-35(3,4)37(28)6)11-26(30)31(25)21-8-7-18(32(38)39)9-24(21)33(40)41;2*1-2/h7-15,42-45H,16-17H2,1-6H3,(H-,38,39,40,41);1-2H3;1-2H/p+1. The van der Waals surface area contributed by atoms with Gasteiger partial charge in [0.15, 0.2) is 5.54 Å². The summed E-state index contributed by atoms with van der Waals surface area (Å²) < 4.78 is 19.2. The maximum Gasteiger partial charge on any atom is 0.336 e. The Balaban J connectivity index is 0.00000157. The van der Waals surface area contributed by atoms with Crippen molar-refractivity contribution in [3.05, 3.63) is 98.6 Å². The molecule has 0 spiro atoms. The van der Waals surface area contributed by atoms with E-state index in [9.17, 15) is 39.4 Å². The predicted octanol–water partition coefficient (Wildman–Crippen LogP) is 5.08. The zero-order chi connectivity index (χ0) is 40.4. The smallest absolute Gasteiger partial charge is 0.336 e. The van der Waals surface area contributed by atoms with Gasteiger partial charge in [0.1, 0.15) is 18.5 Å². The summed E-state index contributed by atoms with van der Waals surface area (Å²) in [7, 11) is -1.43. The number of carboxylic acid groups (broad SMARTS) is 2. The number of terminal acetylenes is 1. The summed E-state index contributed by atoms with van der Waals surface area (Å²) >= 11 is 0. The number of rotatable bonds is 9. The van der Waals surface area contributed by atoms with Gasteiger partial charge in [-0.15, -0.1) is 12.8 Å². The molecule has 3 aliphatic heterocycles. The van der Waals surface area contributed by atoms with Gasteiger partial charge >= 0.3 is 29.1 Å². The molecule has 0 saturated carbocycles. The van der Waals surface area contributed by atoms with E-state index in [0.29, 0.717) is 50.1 Å². The van der Waals surface area contributed by atoms with Gasteiger partial charge in [-0.3, -0.25) is 0 Å². The number of carboxylic acids is 2. The van der Waals surface area contributed by atoms with Crippen LogP contribution in [0.5, 0.6) is 11.5 Å². The van der Waals surface area contributed by atoms with Crippen LogP contribution >= 0.6 is 17.2 Å². The van der Waals surface area contributed by atoms with E-state index < -0.39 is 40.2 Å². The zero-order valence-corrected chi connectivity index (χ0v) is 33.1. The van der Waals surface area contributed by atoms with Crippen molar-refractivity contribution in [2.24, 2.45) is 0 Å². The topological polar surface area (TPSA) is 189 Å². The lowest BCUT2D eigenvalue weighted by Crippen LogP contribution is -2.47. The van der Waals surface area contributed by atoms with Crippen LogP contribution in [0, 0.1) is 12.8 Å². The Bertz CT molecular complexity index is 2210. The maximum absolute atomic E-state index is 12.8. The van der Waals surface area contributed by atoms with Gasteiger partial charge < -0.3 is 48.5 Å². The number of anilines is 1. The molecule has 13 nitrogen and oxygen atoms in total. The third kappa shape index (κ3) is 8.13. The molecule has 0 amide bonds. The number of hydrogen-bond acceptors (Lipinski definition) is 10. The number of fused-ring (bicyclic) bond motifs is 4. The van der Waals surface area contributed by atoms with Gasteiger partial charge in [-0.1, -0.05) is 26.0 Å². The van der Waals surface area contributed by atoms with Crippen LogP contribution in [0.25, 0.3) is 16.7 Å². The number of ether oxygens (including phenoxy) is 1. The number of benzene rings is 3. The van der Waals surface area contributed by atoms with Crippen molar-refractivity contribution in [2.75, 3.05) is 32.2 Å². The highest BCUT2D eigenvalue weighted by atomic mass is 31.2. The van der Waals surface area contributed by atoms with Gasteiger partial charge in [0.05, 0.1) is 41.5 Å². The first-order valence-electron chi connectivity index (χ1n) is 16.8. The molecule has 0 bridgehead atoms. The molecule has 54 heavy (non-hydrogen) atoms. The average molecular weight is 780 g/mol. The van der Waals surface area contributed by atoms with Crippen LogP contribution in [0.15, 0.2) is 54.6 Å². The van der Waals surface area contributed by atoms with Crippen LogP contribution in [0.3, 0.4) is 0 Å². The normalized spacial score (nSPS) is 15.9. The summed E-state index contributed by atoms with van der Waals surface area (Å²) in [5, 5.41) is 21.4. The van der Waals surface area contributed by atoms with E-state index in [2.05, 4.69) is 12.8 Å². The number of nitrogens with zero attached hydrogens (tertiary/aromatic N) is 2. The maximum atomic E-state index is 12.8. The highest BCUT2D eigenvalue weighted by Gasteiger charge is 2.36. The van der Waals surface area contributed by atoms with Crippen LogP contribution in [0.4, 0.5) is 5.69 Å². The molecule has 3 aromatic rings. The van der Waals surface area contributed by atoms with E-state index in [1.54, 1.807) is 0 Å². The zero-order valence-electron chi connectivity index (χ0n) is 31.3. The van der Waals surface area contributed by atoms with Crippen LogP contribution in [-0.4, -0.2) is 80.1 Å². The first-order valence-corrected chi connectivity index (χ1v) is 19.1. The minimum atomic E-state index is -2.64. The van der Waals surface area contributed by atoms with Gasteiger partial charge in [-0.05, 0) is 60.9 Å². The second-order valence-corrected chi connectivity index (χ2v) is 14.9. The molecule has 3 aliphatic rings. The average Bonchev–Trinajstić information content (AvgIpc) is 3.12. The molecular weight excluding hydrogens is 734 g/mol. The Labute approximate surface area is 316 Å². The third-order valence-corrected chi connectivity index (χ3v) is 10.3. The molecule has 0 unspecified atom stereocenters. The fourth-order valence-corrected chi connectivity index (χ4v) is 7.22. The van der Waals surface area contributed by atoms with Crippen LogP contribution < -0.4 is 24.8 Å². The van der Waals surface area contributed by atoms with Gasteiger partial charge in [0.2, 0.25) is 5.36 Å². The van der Waals surface area contributed by atoms with Gasteiger partial charge in [-0.25, -0.2) is 14.2 Å². The van der Waals surface area contributed by atoms with E-state index in [4.69, 9.17) is 13.8 Å². The molecular formula is C39H45N2O11P2+. The Morgan fingerprint density at radius 3 is 1.94 bits per heavy atom. The first-order chi connectivity index (χ1) is 25.4. The van der Waals surface area contributed by atoms with Crippen LogP contribution in [0.1, 0.15) is 84.5 Å². The highest BCUT2D eigenvalue weighted by Crippen LogP contribution is 2.47. The van der Waals surface area contributed by atoms with Crippen molar-refractivity contribution in [3.8, 4) is 24.3 Å². The van der Waals surface area contributed by atoms with Crippen molar-refractivity contribution >= 4 is 51.6 Å². The Morgan fingerprint density at radius 1 is 0.796 bits per heavy atom. The molecule has 0 radical (unpaired) electrons. The summed E-state index contributed by atoms with van der Waals surface area (Å²) in [6, 6.07) is 11.3. The Morgan fingerprint density at radius 2 is 1.39 bits per heavy atom.